The molecule has 1 aliphatic carbocycles. The fraction of sp³-hybridized carbons (Fsp3) is 0.389. The van der Waals surface area contributed by atoms with Crippen LogP contribution in [0.5, 0.6) is 0 Å². The zero-order chi connectivity index (χ0) is 29.8. The van der Waals surface area contributed by atoms with E-state index in [1.54, 1.807) is 21.9 Å². The van der Waals surface area contributed by atoms with Gasteiger partial charge in [-0.2, -0.15) is 0 Å². The molecule has 0 bridgehead atoms. The van der Waals surface area contributed by atoms with Crippen molar-refractivity contribution in [2.45, 2.75) is 69.0 Å². The molecule has 6 rings (SSSR count). The quantitative estimate of drug-likeness (QED) is 0.410. The van der Waals surface area contributed by atoms with Crippen LogP contribution in [0.1, 0.15) is 72.3 Å². The summed E-state index contributed by atoms with van der Waals surface area (Å²) in [7, 11) is 0. The van der Waals surface area contributed by atoms with Gasteiger partial charge < -0.3 is 15.1 Å². The molecule has 3 amide bonds. The minimum atomic E-state index is -0.740. The Hall–Kier alpha value is -4.26. The first-order valence-corrected chi connectivity index (χ1v) is 15.6. The van der Waals surface area contributed by atoms with Crippen molar-refractivity contribution in [1.82, 2.24) is 15.1 Å². The summed E-state index contributed by atoms with van der Waals surface area (Å²) in [4.78, 5) is 58.4. The number of fused-ring (bicyclic) bond motifs is 1. The van der Waals surface area contributed by atoms with E-state index in [1.165, 1.54) is 6.42 Å². The molecular weight excluding hydrogens is 538 g/mol. The highest BCUT2D eigenvalue weighted by atomic mass is 16.2. The third kappa shape index (κ3) is 6.12. The maximum Gasteiger partial charge on any atom is 0.254 e. The first kappa shape index (κ1) is 28.8. The van der Waals surface area contributed by atoms with Gasteiger partial charge in [-0.1, -0.05) is 111 Å². The van der Waals surface area contributed by atoms with Crippen molar-refractivity contribution < 1.29 is 19.2 Å². The molecular formula is C36H39N3O4. The Morgan fingerprint density at radius 3 is 1.93 bits per heavy atom. The number of hydrogen-bond acceptors (Lipinski definition) is 4. The van der Waals surface area contributed by atoms with E-state index in [9.17, 15) is 19.2 Å². The van der Waals surface area contributed by atoms with Crippen LogP contribution in [0.3, 0.4) is 0 Å². The molecule has 0 aromatic heterocycles. The molecule has 2 aliphatic heterocycles. The molecule has 1 saturated carbocycles. The second-order valence-corrected chi connectivity index (χ2v) is 12.2. The zero-order valence-corrected chi connectivity index (χ0v) is 24.4. The highest BCUT2D eigenvalue weighted by molar-refractivity contribution is 6.03. The molecule has 0 radical (unpaired) electrons. The monoisotopic (exact) mass is 577 g/mol. The summed E-state index contributed by atoms with van der Waals surface area (Å²) < 4.78 is 0. The SMILES string of the molecule is O=C(N[C@@H](CC1CCCCC1)C(=O)N1CC[C@@H]2[C@H]1C(=O)CN2C(=O)c1ccccc1)C(c1ccccc1)c1ccccc1. The summed E-state index contributed by atoms with van der Waals surface area (Å²) >= 11 is 0. The molecule has 3 atom stereocenters. The van der Waals surface area contributed by atoms with Gasteiger partial charge in [-0.15, -0.1) is 0 Å². The molecule has 2 saturated heterocycles. The number of benzene rings is 3. The number of amides is 3. The number of hydrogen-bond donors (Lipinski definition) is 1. The third-order valence-electron chi connectivity index (χ3n) is 9.42. The van der Waals surface area contributed by atoms with E-state index in [2.05, 4.69) is 5.32 Å². The fourth-order valence-electron chi connectivity index (χ4n) is 7.30. The second-order valence-electron chi connectivity index (χ2n) is 12.2. The minimum absolute atomic E-state index is 0.00339. The largest absolute Gasteiger partial charge is 0.343 e. The number of likely N-dealkylation sites (tertiary alicyclic amines) is 2. The number of carbonyl (C=O) groups is 4. The van der Waals surface area contributed by atoms with Crippen LogP contribution in [-0.4, -0.2) is 64.5 Å². The molecule has 2 heterocycles. The lowest BCUT2D eigenvalue weighted by atomic mass is 9.84. The van der Waals surface area contributed by atoms with Crippen molar-refractivity contribution in [3.8, 4) is 0 Å². The number of carbonyl (C=O) groups excluding carboxylic acids is 4. The first-order chi connectivity index (χ1) is 21.0. The van der Waals surface area contributed by atoms with Crippen molar-refractivity contribution >= 4 is 23.5 Å². The zero-order valence-electron chi connectivity index (χ0n) is 24.4. The van der Waals surface area contributed by atoms with E-state index in [0.717, 1.165) is 36.8 Å². The van der Waals surface area contributed by atoms with Crippen LogP contribution in [0, 0.1) is 5.92 Å². The topological polar surface area (TPSA) is 86.8 Å². The van der Waals surface area contributed by atoms with Crippen LogP contribution in [0.4, 0.5) is 0 Å². The average molecular weight is 578 g/mol. The van der Waals surface area contributed by atoms with Crippen LogP contribution >= 0.6 is 0 Å². The van der Waals surface area contributed by atoms with Crippen LogP contribution in [-0.2, 0) is 14.4 Å². The summed E-state index contributed by atoms with van der Waals surface area (Å²) in [6.07, 6.45) is 6.60. The van der Waals surface area contributed by atoms with Gasteiger partial charge in [-0.25, -0.2) is 0 Å². The predicted molar refractivity (Wildman–Crippen MR) is 164 cm³/mol. The molecule has 7 nitrogen and oxygen atoms in total. The van der Waals surface area contributed by atoms with Crippen molar-refractivity contribution in [3.63, 3.8) is 0 Å². The average Bonchev–Trinajstić information content (AvgIpc) is 3.63. The summed E-state index contributed by atoms with van der Waals surface area (Å²) in [6, 6.07) is 26.5. The normalized spacial score (nSPS) is 21.1. The molecule has 3 aromatic rings. The fourth-order valence-corrected chi connectivity index (χ4v) is 7.30. The molecule has 222 valence electrons. The minimum Gasteiger partial charge on any atom is -0.343 e. The highest BCUT2D eigenvalue weighted by Crippen LogP contribution is 2.34. The lowest BCUT2D eigenvalue weighted by Gasteiger charge is -2.32. The first-order valence-electron chi connectivity index (χ1n) is 15.6. The molecule has 3 aromatic carbocycles. The summed E-state index contributed by atoms with van der Waals surface area (Å²) in [5, 5.41) is 3.17. The number of nitrogens with zero attached hydrogens (tertiary/aromatic N) is 2. The van der Waals surface area contributed by atoms with Gasteiger partial charge >= 0.3 is 0 Å². The van der Waals surface area contributed by atoms with Gasteiger partial charge in [0, 0.05) is 12.1 Å². The van der Waals surface area contributed by atoms with Crippen LogP contribution in [0.25, 0.3) is 0 Å². The van der Waals surface area contributed by atoms with E-state index < -0.39 is 18.0 Å². The van der Waals surface area contributed by atoms with E-state index >= 15 is 0 Å². The number of Topliss-reactive ketones (excluding diaryl/α,β-unsaturated/α-hetero) is 1. The van der Waals surface area contributed by atoms with Gasteiger partial charge in [0.25, 0.3) is 5.91 Å². The van der Waals surface area contributed by atoms with E-state index in [-0.39, 0.29) is 36.1 Å². The number of nitrogens with one attached hydrogen (secondary N) is 1. The Bertz CT molecular complexity index is 1400. The van der Waals surface area contributed by atoms with Crippen molar-refractivity contribution in [2.75, 3.05) is 13.1 Å². The summed E-state index contributed by atoms with van der Waals surface area (Å²) in [5.41, 5.74) is 2.26. The van der Waals surface area contributed by atoms with Gasteiger partial charge in [-0.05, 0) is 42.0 Å². The Balaban J connectivity index is 1.25. The molecule has 1 N–H and O–H groups in total. The number of ketones is 1. The second kappa shape index (κ2) is 12.9. The molecule has 7 heteroatoms. The van der Waals surface area contributed by atoms with Crippen molar-refractivity contribution in [3.05, 3.63) is 108 Å². The standard InChI is InChI=1S/C36H39N3O4/c40-31-24-39(35(42)28-19-11-4-12-20-28)30-21-22-38(33(30)31)36(43)29(23-25-13-5-1-6-14-25)37-34(41)32(26-15-7-2-8-16-26)27-17-9-3-10-18-27/h2-4,7-12,15-20,25,29-30,32-33H,1,5-6,13-14,21-24H2,(H,37,41)/t29-,30+,33-/m0/s1. The maximum atomic E-state index is 14.3. The van der Waals surface area contributed by atoms with Gasteiger partial charge in [0.15, 0.2) is 5.78 Å². The number of rotatable bonds is 8. The van der Waals surface area contributed by atoms with Gasteiger partial charge in [-0.3, -0.25) is 19.2 Å². The van der Waals surface area contributed by atoms with Crippen LogP contribution in [0.2, 0.25) is 0 Å². The Labute approximate surface area is 253 Å². The Morgan fingerprint density at radius 2 is 1.33 bits per heavy atom. The molecule has 3 fully saturated rings. The van der Waals surface area contributed by atoms with Crippen LogP contribution in [0.15, 0.2) is 91.0 Å². The van der Waals surface area contributed by atoms with E-state index in [1.807, 2.05) is 78.9 Å². The van der Waals surface area contributed by atoms with Crippen molar-refractivity contribution in [1.29, 1.82) is 0 Å². The van der Waals surface area contributed by atoms with E-state index in [4.69, 9.17) is 0 Å². The van der Waals surface area contributed by atoms with Gasteiger partial charge in [0.1, 0.15) is 12.1 Å². The lowest BCUT2D eigenvalue weighted by Crippen LogP contribution is -2.53. The van der Waals surface area contributed by atoms with E-state index in [0.29, 0.717) is 30.9 Å². The molecule has 3 aliphatic rings. The predicted octanol–water partition coefficient (Wildman–Crippen LogP) is 4.97. The van der Waals surface area contributed by atoms with Crippen LogP contribution < -0.4 is 5.32 Å². The summed E-state index contributed by atoms with van der Waals surface area (Å²) in [6.45, 7) is 0.382. The highest BCUT2D eigenvalue weighted by Gasteiger charge is 2.52. The van der Waals surface area contributed by atoms with Crippen molar-refractivity contribution in [2.24, 2.45) is 5.92 Å². The maximum absolute atomic E-state index is 14.3. The molecule has 43 heavy (non-hydrogen) atoms. The summed E-state index contributed by atoms with van der Waals surface area (Å²) in [5.74, 6) is -0.966. The molecule has 0 unspecified atom stereocenters. The van der Waals surface area contributed by atoms with Gasteiger partial charge in [0.2, 0.25) is 11.8 Å². The third-order valence-corrected chi connectivity index (χ3v) is 9.42. The molecule has 0 spiro atoms. The van der Waals surface area contributed by atoms with Gasteiger partial charge in [0.05, 0.1) is 18.5 Å². The lowest BCUT2D eigenvalue weighted by molar-refractivity contribution is -0.140. The smallest absolute Gasteiger partial charge is 0.254 e. The Kier molecular flexibility index (Phi) is 8.68. The Morgan fingerprint density at radius 1 is 0.744 bits per heavy atom.